The molecule has 3 rings (SSSR count). The normalized spacial score (nSPS) is 18.7. The van der Waals surface area contributed by atoms with Crippen LogP contribution in [-0.2, 0) is 19.1 Å². The highest BCUT2D eigenvalue weighted by atomic mass is 32.1. The van der Waals surface area contributed by atoms with E-state index in [-0.39, 0.29) is 31.7 Å². The van der Waals surface area contributed by atoms with Crippen molar-refractivity contribution in [3.63, 3.8) is 0 Å². The van der Waals surface area contributed by atoms with E-state index < -0.39 is 23.3 Å². The number of hydrogen-bond acceptors (Lipinski definition) is 7. The molecular weight excluding hydrogens is 455 g/mol. The SMILES string of the molecule is COCC(=O)N1CCN(c2ccc(N3C[C@@H](CON(C(=O)S)C(C)C)OC3=O)cc2F)CC1. The topological polar surface area (TPSA) is 91.9 Å². The van der Waals surface area contributed by atoms with Gasteiger partial charge in [-0.05, 0) is 32.0 Å². The fourth-order valence-corrected chi connectivity index (χ4v) is 4.03. The van der Waals surface area contributed by atoms with Crippen LogP contribution in [0.4, 0.5) is 25.4 Å². The number of cyclic esters (lactones) is 1. The lowest BCUT2D eigenvalue weighted by molar-refractivity contribution is -0.146. The van der Waals surface area contributed by atoms with Crippen molar-refractivity contribution >= 4 is 41.2 Å². The fourth-order valence-electron chi connectivity index (χ4n) is 3.74. The second-order valence-electron chi connectivity index (χ2n) is 8.05. The van der Waals surface area contributed by atoms with Gasteiger partial charge < -0.3 is 19.3 Å². The quantitative estimate of drug-likeness (QED) is 0.447. The minimum absolute atomic E-state index is 0.0284. The molecule has 3 amide bonds. The number of anilines is 2. The minimum Gasteiger partial charge on any atom is -0.441 e. The summed E-state index contributed by atoms with van der Waals surface area (Å²) in [5.74, 6) is -0.558. The highest BCUT2D eigenvalue weighted by Gasteiger charge is 2.34. The van der Waals surface area contributed by atoms with E-state index >= 15 is 0 Å². The van der Waals surface area contributed by atoms with Crippen LogP contribution in [0.25, 0.3) is 0 Å². The second kappa shape index (κ2) is 11.0. The fraction of sp³-hybridized carbons (Fsp3) is 0.571. The maximum atomic E-state index is 14.9. The van der Waals surface area contributed by atoms with E-state index in [9.17, 15) is 18.8 Å². The van der Waals surface area contributed by atoms with Crippen molar-refractivity contribution in [3.8, 4) is 0 Å². The van der Waals surface area contributed by atoms with Gasteiger partial charge in [0.1, 0.15) is 25.1 Å². The summed E-state index contributed by atoms with van der Waals surface area (Å²) in [6.45, 7) is 5.63. The summed E-state index contributed by atoms with van der Waals surface area (Å²) < 4.78 is 25.1. The number of hydrogen-bond donors (Lipinski definition) is 1. The maximum Gasteiger partial charge on any atom is 0.414 e. The van der Waals surface area contributed by atoms with Crippen LogP contribution in [0.15, 0.2) is 18.2 Å². The van der Waals surface area contributed by atoms with Gasteiger partial charge in [0.15, 0.2) is 0 Å². The number of amides is 3. The van der Waals surface area contributed by atoms with Gasteiger partial charge in [-0.1, -0.05) is 12.6 Å². The Balaban J connectivity index is 1.59. The molecular formula is C21H29FN4O6S. The predicted octanol–water partition coefficient (Wildman–Crippen LogP) is 2.14. The standard InChI is InChI=1S/C21H29FN4O6S/c1-14(2)26(21(29)33)31-12-16-11-25(20(28)32-16)15-4-5-18(17(22)10-15)23-6-8-24(9-7-23)19(27)13-30-3/h4-5,10,14,16H,6-9,11-13H2,1-3H3,(H,29,33)/t16-/m0/s1. The first-order valence-electron chi connectivity index (χ1n) is 10.7. The number of thiol groups is 1. The number of hydroxylamine groups is 2. The van der Waals surface area contributed by atoms with Gasteiger partial charge in [-0.15, -0.1) is 0 Å². The maximum absolute atomic E-state index is 14.9. The summed E-state index contributed by atoms with van der Waals surface area (Å²) in [4.78, 5) is 46.1. The van der Waals surface area contributed by atoms with Crippen molar-refractivity contribution in [3.05, 3.63) is 24.0 Å². The van der Waals surface area contributed by atoms with Crippen molar-refractivity contribution in [1.29, 1.82) is 0 Å². The number of carbonyl (C=O) groups is 3. The molecule has 0 aromatic heterocycles. The van der Waals surface area contributed by atoms with Crippen molar-refractivity contribution in [2.75, 3.05) is 62.8 Å². The molecule has 2 aliphatic heterocycles. The van der Waals surface area contributed by atoms with Crippen LogP contribution in [0.3, 0.4) is 0 Å². The molecule has 2 aliphatic rings. The monoisotopic (exact) mass is 484 g/mol. The Labute approximate surface area is 197 Å². The molecule has 2 fully saturated rings. The molecule has 0 aliphatic carbocycles. The molecule has 33 heavy (non-hydrogen) atoms. The van der Waals surface area contributed by atoms with Crippen LogP contribution in [0.2, 0.25) is 0 Å². The number of methoxy groups -OCH3 is 1. The van der Waals surface area contributed by atoms with E-state index in [1.165, 1.54) is 18.1 Å². The number of rotatable bonds is 8. The van der Waals surface area contributed by atoms with Crippen LogP contribution in [-0.4, -0.2) is 92.4 Å². The number of nitrogens with zero attached hydrogens (tertiary/aromatic N) is 4. The third kappa shape index (κ3) is 6.06. The summed E-state index contributed by atoms with van der Waals surface area (Å²) in [6, 6.07) is 4.34. The predicted molar refractivity (Wildman–Crippen MR) is 122 cm³/mol. The molecule has 182 valence electrons. The molecule has 0 N–H and O–H groups in total. The average Bonchev–Trinajstić information content (AvgIpc) is 3.14. The Hall–Kier alpha value is -2.57. The van der Waals surface area contributed by atoms with Gasteiger partial charge >= 0.3 is 11.3 Å². The highest BCUT2D eigenvalue weighted by Crippen LogP contribution is 2.29. The number of halogens is 1. The van der Waals surface area contributed by atoms with Crippen LogP contribution in [0.1, 0.15) is 13.8 Å². The molecule has 12 heteroatoms. The van der Waals surface area contributed by atoms with Crippen molar-refractivity contribution in [1.82, 2.24) is 9.96 Å². The first-order valence-corrected chi connectivity index (χ1v) is 11.1. The molecule has 1 aromatic carbocycles. The zero-order valence-electron chi connectivity index (χ0n) is 18.9. The lowest BCUT2D eigenvalue weighted by atomic mass is 10.2. The molecule has 10 nitrogen and oxygen atoms in total. The molecule has 0 radical (unpaired) electrons. The van der Waals surface area contributed by atoms with Gasteiger partial charge in [0.2, 0.25) is 5.91 Å². The Morgan fingerprint density at radius 2 is 1.97 bits per heavy atom. The van der Waals surface area contributed by atoms with Crippen LogP contribution in [0.5, 0.6) is 0 Å². The Bertz CT molecular complexity index is 880. The molecule has 2 heterocycles. The molecule has 0 bridgehead atoms. The van der Waals surface area contributed by atoms with Crippen molar-refractivity contribution < 1.29 is 33.1 Å². The number of piperazine rings is 1. The van der Waals surface area contributed by atoms with Gasteiger partial charge in [-0.3, -0.25) is 19.3 Å². The van der Waals surface area contributed by atoms with Crippen molar-refractivity contribution in [2.45, 2.75) is 26.0 Å². The third-order valence-electron chi connectivity index (χ3n) is 5.41. The van der Waals surface area contributed by atoms with Gasteiger partial charge in [0.05, 0.1) is 24.0 Å². The van der Waals surface area contributed by atoms with Gasteiger partial charge in [0, 0.05) is 33.3 Å². The minimum atomic E-state index is -0.619. The molecule has 2 saturated heterocycles. The van der Waals surface area contributed by atoms with E-state index in [0.29, 0.717) is 37.6 Å². The Morgan fingerprint density at radius 3 is 2.55 bits per heavy atom. The number of carbonyl (C=O) groups excluding carboxylic acids is 3. The zero-order chi connectivity index (χ0) is 24.1. The van der Waals surface area contributed by atoms with Crippen molar-refractivity contribution in [2.24, 2.45) is 0 Å². The van der Waals surface area contributed by atoms with E-state index in [1.54, 1.807) is 30.9 Å². The Kier molecular flexibility index (Phi) is 8.38. The average molecular weight is 485 g/mol. The molecule has 0 spiro atoms. The van der Waals surface area contributed by atoms with Gasteiger partial charge in [-0.2, -0.15) is 0 Å². The van der Waals surface area contributed by atoms with E-state index in [2.05, 4.69) is 12.6 Å². The van der Waals surface area contributed by atoms with E-state index in [0.717, 1.165) is 5.06 Å². The molecule has 1 atom stereocenters. The number of ether oxygens (including phenoxy) is 2. The summed E-state index contributed by atoms with van der Waals surface area (Å²) in [7, 11) is 1.47. The largest absolute Gasteiger partial charge is 0.441 e. The summed E-state index contributed by atoms with van der Waals surface area (Å²) in [6.07, 6.45) is -1.23. The molecule has 1 aromatic rings. The lowest BCUT2D eigenvalue weighted by Gasteiger charge is -2.36. The van der Waals surface area contributed by atoms with Crippen LogP contribution in [0, 0.1) is 5.82 Å². The first-order chi connectivity index (χ1) is 15.7. The smallest absolute Gasteiger partial charge is 0.414 e. The van der Waals surface area contributed by atoms with Crippen LogP contribution >= 0.6 is 12.6 Å². The molecule has 0 saturated carbocycles. The summed E-state index contributed by atoms with van der Waals surface area (Å²) in [5, 5.41) is 0.546. The lowest BCUT2D eigenvalue weighted by Crippen LogP contribution is -2.50. The molecule has 0 unspecified atom stereocenters. The number of benzene rings is 1. The van der Waals surface area contributed by atoms with Crippen LogP contribution < -0.4 is 9.80 Å². The summed E-state index contributed by atoms with van der Waals surface area (Å²) >= 11 is 3.76. The summed E-state index contributed by atoms with van der Waals surface area (Å²) in [5.41, 5.74) is 0.772. The van der Waals surface area contributed by atoms with Gasteiger partial charge in [0.25, 0.3) is 0 Å². The highest BCUT2D eigenvalue weighted by molar-refractivity contribution is 7.96. The Morgan fingerprint density at radius 1 is 1.27 bits per heavy atom. The zero-order valence-corrected chi connectivity index (χ0v) is 19.8. The van der Waals surface area contributed by atoms with Gasteiger partial charge in [-0.25, -0.2) is 14.2 Å². The third-order valence-corrected chi connectivity index (χ3v) is 5.61. The second-order valence-corrected chi connectivity index (χ2v) is 8.43. The van der Waals surface area contributed by atoms with E-state index in [1.807, 2.05) is 4.90 Å². The van der Waals surface area contributed by atoms with E-state index in [4.69, 9.17) is 14.3 Å². The first kappa shape index (κ1) is 25.1.